The van der Waals surface area contributed by atoms with Crippen LogP contribution in [0, 0.1) is 5.82 Å². The summed E-state index contributed by atoms with van der Waals surface area (Å²) in [5.41, 5.74) is 2.13. The predicted octanol–water partition coefficient (Wildman–Crippen LogP) is 3.20. The first-order valence-electron chi connectivity index (χ1n) is 8.05. The molecule has 4 rings (SSSR count). The number of hydrogen-bond acceptors (Lipinski definition) is 4. The Morgan fingerprint density at radius 3 is 3.08 bits per heavy atom. The summed E-state index contributed by atoms with van der Waals surface area (Å²) in [6.07, 6.45) is 2.74. The van der Waals surface area contributed by atoms with E-state index < -0.39 is 5.82 Å². The van der Waals surface area contributed by atoms with Crippen LogP contribution in [0.2, 0.25) is 5.02 Å². The van der Waals surface area contributed by atoms with E-state index in [-0.39, 0.29) is 29.0 Å². The van der Waals surface area contributed by atoms with Gasteiger partial charge in [-0.25, -0.2) is 9.37 Å². The van der Waals surface area contributed by atoms with Gasteiger partial charge in [-0.2, -0.15) is 0 Å². The Hall–Kier alpha value is -1.86. The molecule has 1 aliphatic carbocycles. The smallest absolute Gasteiger partial charge is 0.257 e. The number of amides is 1. The van der Waals surface area contributed by atoms with Crippen molar-refractivity contribution >= 4 is 35.0 Å². The molecule has 1 amide bonds. The minimum Gasteiger partial charge on any atom is -0.326 e. The van der Waals surface area contributed by atoms with E-state index in [4.69, 9.17) is 11.6 Å². The van der Waals surface area contributed by atoms with Gasteiger partial charge in [-0.1, -0.05) is 23.4 Å². The number of fused-ring (bicyclic) bond motifs is 2. The second kappa shape index (κ2) is 6.46. The quantitative estimate of drug-likeness (QED) is 0.832. The highest BCUT2D eigenvalue weighted by Gasteiger charge is 2.31. The molecule has 2 aliphatic rings. The molecule has 0 bridgehead atoms. The van der Waals surface area contributed by atoms with Crippen LogP contribution in [0.5, 0.6) is 0 Å². The molecule has 25 heavy (non-hydrogen) atoms. The standard InChI is InChI=1S/C17H15ClFN3O2S/c18-12-6-9(4-5-13(12)19)20-15(23)7-10-8-25-17-21-14-3-1-2-11(14)16(24)22(10)17/h4-6,10H,1-3,7-8H2,(H,20,23). The van der Waals surface area contributed by atoms with Gasteiger partial charge in [0.1, 0.15) is 5.82 Å². The Kier molecular flexibility index (Phi) is 4.29. The lowest BCUT2D eigenvalue weighted by Gasteiger charge is -2.14. The van der Waals surface area contributed by atoms with Crippen molar-refractivity contribution < 1.29 is 9.18 Å². The lowest BCUT2D eigenvalue weighted by atomic mass is 10.2. The van der Waals surface area contributed by atoms with Gasteiger partial charge in [0.2, 0.25) is 5.91 Å². The first-order chi connectivity index (χ1) is 12.0. The van der Waals surface area contributed by atoms with Gasteiger partial charge in [0.25, 0.3) is 5.56 Å². The van der Waals surface area contributed by atoms with Gasteiger partial charge in [-0.3, -0.25) is 14.2 Å². The maximum absolute atomic E-state index is 13.2. The number of halogens is 2. The van der Waals surface area contributed by atoms with Crippen molar-refractivity contribution in [1.82, 2.24) is 9.55 Å². The predicted molar refractivity (Wildman–Crippen MR) is 94.9 cm³/mol. The molecule has 5 nitrogen and oxygen atoms in total. The fraction of sp³-hybridized carbons (Fsp3) is 0.353. The van der Waals surface area contributed by atoms with Crippen LogP contribution in [0.1, 0.15) is 30.1 Å². The Balaban J connectivity index is 1.52. The van der Waals surface area contributed by atoms with Crippen molar-refractivity contribution in [2.24, 2.45) is 0 Å². The lowest BCUT2D eigenvalue weighted by Crippen LogP contribution is -2.30. The Labute approximate surface area is 152 Å². The highest BCUT2D eigenvalue weighted by molar-refractivity contribution is 7.99. The average molecular weight is 380 g/mol. The van der Waals surface area contributed by atoms with Gasteiger partial charge in [-0.05, 0) is 37.5 Å². The summed E-state index contributed by atoms with van der Waals surface area (Å²) in [6.45, 7) is 0. The molecule has 1 aromatic carbocycles. The van der Waals surface area contributed by atoms with E-state index in [1.54, 1.807) is 4.57 Å². The molecule has 2 aromatic rings. The summed E-state index contributed by atoms with van der Waals surface area (Å²) in [7, 11) is 0. The van der Waals surface area contributed by atoms with Gasteiger partial charge in [0, 0.05) is 23.4 Å². The van der Waals surface area contributed by atoms with Crippen molar-refractivity contribution in [1.29, 1.82) is 0 Å². The van der Waals surface area contributed by atoms with E-state index in [1.807, 2.05) is 0 Å². The average Bonchev–Trinajstić information content (AvgIpc) is 3.19. The maximum Gasteiger partial charge on any atom is 0.257 e. The molecule has 1 aliphatic heterocycles. The van der Waals surface area contributed by atoms with Crippen LogP contribution < -0.4 is 10.9 Å². The first kappa shape index (κ1) is 16.6. The molecule has 0 saturated heterocycles. The van der Waals surface area contributed by atoms with Crippen molar-refractivity contribution in [3.8, 4) is 0 Å². The number of anilines is 1. The van der Waals surface area contributed by atoms with E-state index >= 15 is 0 Å². The van der Waals surface area contributed by atoms with Crippen LogP contribution in [0.15, 0.2) is 28.2 Å². The molecule has 1 aromatic heterocycles. The summed E-state index contributed by atoms with van der Waals surface area (Å²) in [4.78, 5) is 29.6. The van der Waals surface area contributed by atoms with Crippen molar-refractivity contribution in [3.05, 3.63) is 50.7 Å². The number of nitrogens with one attached hydrogen (secondary N) is 1. The summed E-state index contributed by atoms with van der Waals surface area (Å²) >= 11 is 7.24. The van der Waals surface area contributed by atoms with Crippen LogP contribution in [-0.4, -0.2) is 21.2 Å². The lowest BCUT2D eigenvalue weighted by molar-refractivity contribution is -0.116. The molecule has 1 atom stereocenters. The van der Waals surface area contributed by atoms with E-state index in [1.165, 1.54) is 30.0 Å². The van der Waals surface area contributed by atoms with E-state index in [0.717, 1.165) is 30.5 Å². The molecule has 8 heteroatoms. The second-order valence-electron chi connectivity index (χ2n) is 6.19. The van der Waals surface area contributed by atoms with Crippen LogP contribution in [-0.2, 0) is 17.6 Å². The summed E-state index contributed by atoms with van der Waals surface area (Å²) in [6, 6.07) is 3.81. The molecule has 1 unspecified atom stereocenters. The zero-order valence-corrected chi connectivity index (χ0v) is 14.8. The summed E-state index contributed by atoms with van der Waals surface area (Å²) in [5, 5.41) is 3.36. The molecule has 0 saturated carbocycles. The number of benzene rings is 1. The molecule has 0 radical (unpaired) electrons. The molecule has 2 heterocycles. The van der Waals surface area contributed by atoms with E-state index in [9.17, 15) is 14.0 Å². The third-order valence-corrected chi connectivity index (χ3v) is 5.88. The fourth-order valence-electron chi connectivity index (χ4n) is 3.30. The van der Waals surface area contributed by atoms with Crippen LogP contribution in [0.4, 0.5) is 10.1 Å². The normalized spacial score (nSPS) is 18.1. The zero-order valence-electron chi connectivity index (χ0n) is 13.2. The molecular weight excluding hydrogens is 365 g/mol. The van der Waals surface area contributed by atoms with E-state index in [0.29, 0.717) is 16.6 Å². The molecular formula is C17H15ClFN3O2S. The number of aryl methyl sites for hydroxylation is 1. The van der Waals surface area contributed by atoms with Crippen molar-refractivity contribution in [2.45, 2.75) is 36.9 Å². The van der Waals surface area contributed by atoms with Gasteiger partial charge in [0.05, 0.1) is 16.8 Å². The molecule has 0 fully saturated rings. The molecule has 130 valence electrons. The number of carbonyl (C=O) groups is 1. The number of rotatable bonds is 3. The third-order valence-electron chi connectivity index (χ3n) is 4.50. The van der Waals surface area contributed by atoms with Gasteiger partial charge >= 0.3 is 0 Å². The first-order valence-corrected chi connectivity index (χ1v) is 9.41. The largest absolute Gasteiger partial charge is 0.326 e. The maximum atomic E-state index is 13.2. The monoisotopic (exact) mass is 379 g/mol. The van der Waals surface area contributed by atoms with Crippen molar-refractivity contribution in [3.63, 3.8) is 0 Å². The summed E-state index contributed by atoms with van der Waals surface area (Å²) in [5.74, 6) is -0.135. The third kappa shape index (κ3) is 3.06. The summed E-state index contributed by atoms with van der Waals surface area (Å²) < 4.78 is 14.8. The number of nitrogens with zero attached hydrogens (tertiary/aromatic N) is 2. The van der Waals surface area contributed by atoms with Crippen LogP contribution >= 0.6 is 23.4 Å². The van der Waals surface area contributed by atoms with E-state index in [2.05, 4.69) is 10.3 Å². The number of carbonyl (C=O) groups excluding carboxylic acids is 1. The Morgan fingerprint density at radius 2 is 2.28 bits per heavy atom. The second-order valence-corrected chi connectivity index (χ2v) is 7.59. The topological polar surface area (TPSA) is 64.0 Å². The SMILES string of the molecule is O=C(CC1CSc2nc3c(c(=O)n21)CCC3)Nc1ccc(F)c(Cl)c1. The highest BCUT2D eigenvalue weighted by atomic mass is 35.5. The highest BCUT2D eigenvalue weighted by Crippen LogP contribution is 2.34. The van der Waals surface area contributed by atoms with Gasteiger partial charge in [-0.15, -0.1) is 0 Å². The van der Waals surface area contributed by atoms with Gasteiger partial charge < -0.3 is 5.32 Å². The Morgan fingerprint density at radius 1 is 1.44 bits per heavy atom. The molecule has 0 spiro atoms. The number of aromatic nitrogens is 2. The number of thioether (sulfide) groups is 1. The van der Waals surface area contributed by atoms with Crippen LogP contribution in [0.3, 0.4) is 0 Å². The minimum atomic E-state index is -0.535. The van der Waals surface area contributed by atoms with Crippen LogP contribution in [0.25, 0.3) is 0 Å². The van der Waals surface area contributed by atoms with Crippen molar-refractivity contribution in [2.75, 3.05) is 11.1 Å². The number of hydrogen-bond donors (Lipinski definition) is 1. The Bertz CT molecular complexity index is 931. The fourth-order valence-corrected chi connectivity index (χ4v) is 4.64. The molecule has 1 N–H and O–H groups in total. The minimum absolute atomic E-state index is 0.00914. The zero-order chi connectivity index (χ0) is 17.6. The van der Waals surface area contributed by atoms with Gasteiger partial charge in [0.15, 0.2) is 5.16 Å².